The summed E-state index contributed by atoms with van der Waals surface area (Å²) in [6, 6.07) is 2.00. The van der Waals surface area contributed by atoms with Crippen LogP contribution < -0.4 is 4.90 Å². The standard InChI is InChI=1S/C12H17BrClN3/c13-3-7-16-5-1-6-17(9-8-16)12-2-4-15-10-11(12)14/h2,4,10H,1,3,5-9H2. The zero-order chi connectivity index (χ0) is 12.1. The molecular formula is C12H17BrClN3. The lowest BCUT2D eigenvalue weighted by Crippen LogP contribution is -2.31. The van der Waals surface area contributed by atoms with Gasteiger partial charge in [0, 0.05) is 43.9 Å². The van der Waals surface area contributed by atoms with Crippen molar-refractivity contribution in [1.29, 1.82) is 0 Å². The number of hydrogen-bond acceptors (Lipinski definition) is 3. The van der Waals surface area contributed by atoms with E-state index in [-0.39, 0.29) is 0 Å². The molecule has 0 atom stereocenters. The molecule has 1 aromatic heterocycles. The molecule has 0 saturated carbocycles. The van der Waals surface area contributed by atoms with Crippen LogP contribution in [0.3, 0.4) is 0 Å². The third kappa shape index (κ3) is 3.57. The monoisotopic (exact) mass is 317 g/mol. The van der Waals surface area contributed by atoms with Crippen molar-refractivity contribution in [2.45, 2.75) is 6.42 Å². The summed E-state index contributed by atoms with van der Waals surface area (Å²) < 4.78 is 0. The lowest BCUT2D eigenvalue weighted by atomic mass is 10.3. The highest BCUT2D eigenvalue weighted by molar-refractivity contribution is 9.09. The van der Waals surface area contributed by atoms with Crippen LogP contribution in [0.2, 0.25) is 5.02 Å². The number of pyridine rings is 1. The highest BCUT2D eigenvalue weighted by Gasteiger charge is 2.16. The van der Waals surface area contributed by atoms with Crippen LogP contribution >= 0.6 is 27.5 Å². The van der Waals surface area contributed by atoms with Gasteiger partial charge in [0.1, 0.15) is 0 Å². The Bertz CT molecular complexity index is 361. The van der Waals surface area contributed by atoms with Gasteiger partial charge >= 0.3 is 0 Å². The van der Waals surface area contributed by atoms with Crippen molar-refractivity contribution in [3.8, 4) is 0 Å². The van der Waals surface area contributed by atoms with E-state index in [9.17, 15) is 0 Å². The summed E-state index contributed by atoms with van der Waals surface area (Å²) in [5.74, 6) is 0. The Labute approximate surface area is 116 Å². The van der Waals surface area contributed by atoms with Gasteiger partial charge in [-0.15, -0.1) is 0 Å². The molecule has 0 bridgehead atoms. The van der Waals surface area contributed by atoms with Gasteiger partial charge in [-0.3, -0.25) is 4.98 Å². The third-order valence-electron chi connectivity index (χ3n) is 3.08. The lowest BCUT2D eigenvalue weighted by Gasteiger charge is -2.24. The molecule has 0 aromatic carbocycles. The normalized spacial score (nSPS) is 18.1. The quantitative estimate of drug-likeness (QED) is 0.799. The van der Waals surface area contributed by atoms with Crippen molar-refractivity contribution in [2.24, 2.45) is 0 Å². The zero-order valence-corrected chi connectivity index (χ0v) is 12.1. The van der Waals surface area contributed by atoms with Crippen LogP contribution in [0.4, 0.5) is 5.69 Å². The van der Waals surface area contributed by atoms with E-state index in [0.717, 1.165) is 42.2 Å². The van der Waals surface area contributed by atoms with E-state index in [1.54, 1.807) is 6.20 Å². The number of hydrogen-bond donors (Lipinski definition) is 0. The summed E-state index contributed by atoms with van der Waals surface area (Å²) in [7, 11) is 0. The topological polar surface area (TPSA) is 19.4 Å². The highest BCUT2D eigenvalue weighted by atomic mass is 79.9. The van der Waals surface area contributed by atoms with Crippen LogP contribution in [0, 0.1) is 0 Å². The molecule has 2 rings (SSSR count). The van der Waals surface area contributed by atoms with Gasteiger partial charge in [-0.2, -0.15) is 0 Å². The largest absolute Gasteiger partial charge is 0.369 e. The average Bonchev–Trinajstić information content (AvgIpc) is 2.56. The van der Waals surface area contributed by atoms with Crippen molar-refractivity contribution < 1.29 is 0 Å². The molecule has 2 heterocycles. The second kappa shape index (κ2) is 6.57. The maximum atomic E-state index is 6.18. The SMILES string of the molecule is Clc1cnccc1N1CCCN(CCBr)CC1. The minimum Gasteiger partial charge on any atom is -0.369 e. The number of halogens is 2. The Morgan fingerprint density at radius 2 is 2.18 bits per heavy atom. The molecule has 5 heteroatoms. The lowest BCUT2D eigenvalue weighted by molar-refractivity contribution is 0.313. The molecule has 0 amide bonds. The Morgan fingerprint density at radius 1 is 1.29 bits per heavy atom. The van der Waals surface area contributed by atoms with Gasteiger partial charge in [-0.05, 0) is 19.0 Å². The second-order valence-electron chi connectivity index (χ2n) is 4.20. The second-order valence-corrected chi connectivity index (χ2v) is 5.40. The number of nitrogens with zero attached hydrogens (tertiary/aromatic N) is 3. The molecular weight excluding hydrogens is 302 g/mol. The minimum absolute atomic E-state index is 0.751. The molecule has 1 aliphatic heterocycles. The first kappa shape index (κ1) is 13.1. The number of alkyl halides is 1. The number of rotatable bonds is 3. The van der Waals surface area contributed by atoms with Crippen LogP contribution in [0.25, 0.3) is 0 Å². The molecule has 0 radical (unpaired) electrons. The van der Waals surface area contributed by atoms with Crippen molar-refractivity contribution in [3.05, 3.63) is 23.5 Å². The summed E-state index contributed by atoms with van der Waals surface area (Å²) in [5.41, 5.74) is 1.11. The summed E-state index contributed by atoms with van der Waals surface area (Å²) >= 11 is 9.68. The van der Waals surface area contributed by atoms with E-state index < -0.39 is 0 Å². The number of aromatic nitrogens is 1. The van der Waals surface area contributed by atoms with Gasteiger partial charge < -0.3 is 9.80 Å². The molecule has 17 heavy (non-hydrogen) atoms. The third-order valence-corrected chi connectivity index (χ3v) is 3.73. The van der Waals surface area contributed by atoms with E-state index in [4.69, 9.17) is 11.6 Å². The first-order valence-corrected chi connectivity index (χ1v) is 7.44. The smallest absolute Gasteiger partial charge is 0.0822 e. The van der Waals surface area contributed by atoms with Crippen LogP contribution in [-0.2, 0) is 0 Å². The number of anilines is 1. The van der Waals surface area contributed by atoms with Crippen LogP contribution in [0.15, 0.2) is 18.5 Å². The predicted molar refractivity (Wildman–Crippen MR) is 76.3 cm³/mol. The van der Waals surface area contributed by atoms with E-state index in [2.05, 4.69) is 30.7 Å². The summed E-state index contributed by atoms with van der Waals surface area (Å²) in [4.78, 5) is 8.88. The maximum absolute atomic E-state index is 6.18. The fraction of sp³-hybridized carbons (Fsp3) is 0.583. The van der Waals surface area contributed by atoms with Crippen LogP contribution in [-0.4, -0.2) is 47.9 Å². The van der Waals surface area contributed by atoms with E-state index >= 15 is 0 Å². The van der Waals surface area contributed by atoms with Gasteiger partial charge in [-0.25, -0.2) is 0 Å². The van der Waals surface area contributed by atoms with Gasteiger partial charge in [0.25, 0.3) is 0 Å². The Hall–Kier alpha value is -0.320. The van der Waals surface area contributed by atoms with Crippen molar-refractivity contribution >= 4 is 33.2 Å². The summed E-state index contributed by atoms with van der Waals surface area (Å²) in [6.45, 7) is 5.51. The maximum Gasteiger partial charge on any atom is 0.0822 e. The van der Waals surface area contributed by atoms with Gasteiger partial charge in [0.15, 0.2) is 0 Å². The minimum atomic E-state index is 0.751. The first-order valence-electron chi connectivity index (χ1n) is 5.94. The Balaban J connectivity index is 2.01. The van der Waals surface area contributed by atoms with Crippen molar-refractivity contribution in [1.82, 2.24) is 9.88 Å². The summed E-state index contributed by atoms with van der Waals surface area (Å²) in [5, 5.41) is 1.80. The van der Waals surface area contributed by atoms with E-state index in [0.29, 0.717) is 0 Å². The Morgan fingerprint density at radius 3 is 2.94 bits per heavy atom. The van der Waals surface area contributed by atoms with Crippen molar-refractivity contribution in [3.63, 3.8) is 0 Å². The molecule has 0 spiro atoms. The Kier molecular flexibility index (Phi) is 5.07. The molecule has 0 aliphatic carbocycles. The average molecular weight is 319 g/mol. The molecule has 1 aromatic rings. The van der Waals surface area contributed by atoms with Gasteiger partial charge in [0.05, 0.1) is 10.7 Å². The molecule has 0 N–H and O–H groups in total. The first-order chi connectivity index (χ1) is 8.31. The summed E-state index contributed by atoms with van der Waals surface area (Å²) in [6.07, 6.45) is 4.71. The van der Waals surface area contributed by atoms with Gasteiger partial charge in [-0.1, -0.05) is 27.5 Å². The molecule has 94 valence electrons. The van der Waals surface area contributed by atoms with Crippen LogP contribution in [0.5, 0.6) is 0 Å². The fourth-order valence-electron chi connectivity index (χ4n) is 2.18. The molecule has 1 fully saturated rings. The molecule has 1 aliphatic rings. The van der Waals surface area contributed by atoms with Gasteiger partial charge in [0.2, 0.25) is 0 Å². The van der Waals surface area contributed by atoms with Crippen LogP contribution in [0.1, 0.15) is 6.42 Å². The predicted octanol–water partition coefficient (Wildman–Crippen LogP) is 2.64. The molecule has 1 saturated heterocycles. The molecule has 3 nitrogen and oxygen atoms in total. The zero-order valence-electron chi connectivity index (χ0n) is 9.78. The van der Waals surface area contributed by atoms with Crippen molar-refractivity contribution in [2.75, 3.05) is 43.0 Å². The highest BCUT2D eigenvalue weighted by Crippen LogP contribution is 2.25. The fourth-order valence-corrected chi connectivity index (χ4v) is 2.92. The van der Waals surface area contributed by atoms with E-state index in [1.807, 2.05) is 12.3 Å². The molecule has 0 unspecified atom stereocenters. The van der Waals surface area contributed by atoms with E-state index in [1.165, 1.54) is 13.0 Å².